The zero-order chi connectivity index (χ0) is 8.70. The second-order valence-electron chi connectivity index (χ2n) is 3.01. The van der Waals surface area contributed by atoms with Gasteiger partial charge in [0.25, 0.3) is 0 Å². The summed E-state index contributed by atoms with van der Waals surface area (Å²) in [6.07, 6.45) is 1.47. The molecule has 0 saturated carbocycles. The fourth-order valence-corrected chi connectivity index (χ4v) is 1.95. The van der Waals surface area contributed by atoms with Gasteiger partial charge in [0.05, 0.1) is 0 Å². The molecule has 5 heteroatoms. The second-order valence-corrected chi connectivity index (χ2v) is 5.45. The minimum atomic E-state index is -3.26. The molecule has 64 valence electrons. The monoisotopic (exact) mass is 177 g/mol. The van der Waals surface area contributed by atoms with Gasteiger partial charge < -0.3 is 5.32 Å². The van der Waals surface area contributed by atoms with Crippen molar-refractivity contribution in [3.8, 4) is 0 Å². The number of carbonyl (C=O) groups is 1. The van der Waals surface area contributed by atoms with Crippen LogP contribution in [-0.2, 0) is 14.6 Å². The fraction of sp³-hybridized carbons (Fsp3) is 0.833. The molecular formula is C6H11NO3S. The maximum absolute atomic E-state index is 11.1. The molecule has 0 bridgehead atoms. The van der Waals surface area contributed by atoms with Crippen LogP contribution >= 0.6 is 0 Å². The Morgan fingerprint density at radius 2 is 2.09 bits per heavy atom. The Morgan fingerprint density at radius 3 is 2.27 bits per heavy atom. The average molecular weight is 177 g/mol. The van der Waals surface area contributed by atoms with Crippen molar-refractivity contribution in [3.63, 3.8) is 0 Å². The van der Waals surface area contributed by atoms with E-state index in [0.29, 0.717) is 13.0 Å². The minimum absolute atomic E-state index is 0.375. The maximum atomic E-state index is 11.1. The van der Waals surface area contributed by atoms with Gasteiger partial charge in [0.1, 0.15) is 4.75 Å². The van der Waals surface area contributed by atoms with Crippen LogP contribution in [-0.4, -0.2) is 31.9 Å². The molecule has 1 saturated heterocycles. The van der Waals surface area contributed by atoms with Gasteiger partial charge in [0.15, 0.2) is 9.84 Å². The molecule has 11 heavy (non-hydrogen) atoms. The second kappa shape index (κ2) is 2.20. The summed E-state index contributed by atoms with van der Waals surface area (Å²) in [6, 6.07) is 0. The standard InChI is InChI=1S/C6H11NO3S/c1-6(11(2,9)10)3-4-7-5(6)8/h3-4H2,1-2H3,(H,7,8). The molecule has 4 nitrogen and oxygen atoms in total. The Bertz CT molecular complexity index is 282. The molecule has 0 aromatic heterocycles. The van der Waals surface area contributed by atoms with Crippen molar-refractivity contribution in [2.75, 3.05) is 12.8 Å². The lowest BCUT2D eigenvalue weighted by molar-refractivity contribution is -0.120. The number of carbonyl (C=O) groups excluding carboxylic acids is 1. The Labute approximate surface area is 65.9 Å². The van der Waals surface area contributed by atoms with Crippen LogP contribution in [0.1, 0.15) is 13.3 Å². The number of hydrogen-bond acceptors (Lipinski definition) is 3. The minimum Gasteiger partial charge on any atom is -0.355 e. The van der Waals surface area contributed by atoms with Crippen LogP contribution in [0.2, 0.25) is 0 Å². The third-order valence-electron chi connectivity index (χ3n) is 2.19. The van der Waals surface area contributed by atoms with E-state index in [9.17, 15) is 13.2 Å². The quantitative estimate of drug-likeness (QED) is 0.576. The third kappa shape index (κ3) is 1.13. The van der Waals surface area contributed by atoms with Gasteiger partial charge in [-0.05, 0) is 13.3 Å². The molecule has 1 amide bonds. The summed E-state index contributed by atoms with van der Waals surface area (Å²) in [5.41, 5.74) is 0. The molecule has 1 heterocycles. The number of sulfone groups is 1. The highest BCUT2D eigenvalue weighted by Crippen LogP contribution is 2.24. The highest BCUT2D eigenvalue weighted by molar-refractivity contribution is 7.92. The molecular weight excluding hydrogens is 166 g/mol. The number of nitrogens with one attached hydrogen (secondary N) is 1. The first-order valence-electron chi connectivity index (χ1n) is 3.36. The Morgan fingerprint density at radius 1 is 1.55 bits per heavy atom. The van der Waals surface area contributed by atoms with Crippen molar-refractivity contribution < 1.29 is 13.2 Å². The largest absolute Gasteiger partial charge is 0.355 e. The number of hydrogen-bond donors (Lipinski definition) is 1. The first-order chi connectivity index (χ1) is 4.88. The van der Waals surface area contributed by atoms with Crippen LogP contribution < -0.4 is 5.32 Å². The van der Waals surface area contributed by atoms with Crippen molar-refractivity contribution in [2.24, 2.45) is 0 Å². The van der Waals surface area contributed by atoms with Gasteiger partial charge in [0, 0.05) is 12.8 Å². The maximum Gasteiger partial charge on any atom is 0.241 e. The predicted molar refractivity (Wildman–Crippen MR) is 40.9 cm³/mol. The highest BCUT2D eigenvalue weighted by Gasteiger charge is 2.46. The van der Waals surface area contributed by atoms with Gasteiger partial charge in [-0.15, -0.1) is 0 Å². The van der Waals surface area contributed by atoms with Crippen LogP contribution in [0, 0.1) is 0 Å². The van der Waals surface area contributed by atoms with Gasteiger partial charge in [-0.1, -0.05) is 0 Å². The van der Waals surface area contributed by atoms with E-state index in [4.69, 9.17) is 0 Å². The molecule has 0 spiro atoms. The normalized spacial score (nSPS) is 32.0. The lowest BCUT2D eigenvalue weighted by Gasteiger charge is -2.16. The van der Waals surface area contributed by atoms with Crippen molar-refractivity contribution >= 4 is 15.7 Å². The molecule has 1 rings (SSSR count). The van der Waals surface area contributed by atoms with E-state index in [0.717, 1.165) is 6.26 Å². The summed E-state index contributed by atoms with van der Waals surface area (Å²) in [7, 11) is -3.26. The lowest BCUT2D eigenvalue weighted by Crippen LogP contribution is -2.41. The topological polar surface area (TPSA) is 63.2 Å². The first-order valence-corrected chi connectivity index (χ1v) is 5.25. The van der Waals surface area contributed by atoms with E-state index in [1.54, 1.807) is 0 Å². The summed E-state index contributed by atoms with van der Waals surface area (Å²) < 4.78 is 21.0. The van der Waals surface area contributed by atoms with E-state index in [-0.39, 0.29) is 5.91 Å². The molecule has 1 atom stereocenters. The van der Waals surface area contributed by atoms with E-state index in [1.165, 1.54) is 6.92 Å². The van der Waals surface area contributed by atoms with E-state index in [2.05, 4.69) is 5.32 Å². The smallest absolute Gasteiger partial charge is 0.241 e. The van der Waals surface area contributed by atoms with Gasteiger partial charge >= 0.3 is 0 Å². The summed E-state index contributed by atoms with van der Waals surface area (Å²) in [4.78, 5) is 11.1. The van der Waals surface area contributed by atoms with E-state index in [1.807, 2.05) is 0 Å². The Hall–Kier alpha value is -0.580. The lowest BCUT2D eigenvalue weighted by atomic mass is 10.1. The van der Waals surface area contributed by atoms with Gasteiger partial charge in [-0.25, -0.2) is 8.42 Å². The van der Waals surface area contributed by atoms with Crippen molar-refractivity contribution in [3.05, 3.63) is 0 Å². The van der Waals surface area contributed by atoms with Crippen LogP contribution in [0.5, 0.6) is 0 Å². The van der Waals surface area contributed by atoms with Gasteiger partial charge in [0.2, 0.25) is 5.91 Å². The highest BCUT2D eigenvalue weighted by atomic mass is 32.2. The SMILES string of the molecule is CC1(S(C)(=O)=O)CCNC1=O. The molecule has 1 unspecified atom stereocenters. The van der Waals surface area contributed by atoms with Crippen LogP contribution in [0.15, 0.2) is 0 Å². The zero-order valence-electron chi connectivity index (χ0n) is 6.55. The number of amides is 1. The van der Waals surface area contributed by atoms with Crippen molar-refractivity contribution in [1.82, 2.24) is 5.32 Å². The molecule has 0 radical (unpaired) electrons. The van der Waals surface area contributed by atoms with Gasteiger partial charge in [-0.3, -0.25) is 4.79 Å². The third-order valence-corrected chi connectivity index (χ3v) is 4.21. The van der Waals surface area contributed by atoms with E-state index >= 15 is 0 Å². The molecule has 0 aromatic carbocycles. The summed E-state index contributed by atoms with van der Waals surface area (Å²) in [5.74, 6) is -0.375. The first kappa shape index (κ1) is 8.52. The van der Waals surface area contributed by atoms with Crippen molar-refractivity contribution in [1.29, 1.82) is 0 Å². The predicted octanol–water partition coefficient (Wildman–Crippen LogP) is -0.690. The van der Waals surface area contributed by atoms with Crippen molar-refractivity contribution in [2.45, 2.75) is 18.1 Å². The van der Waals surface area contributed by atoms with Crippen LogP contribution in [0.25, 0.3) is 0 Å². The summed E-state index contributed by atoms with van der Waals surface area (Å²) >= 11 is 0. The fourth-order valence-electron chi connectivity index (χ4n) is 1.07. The molecule has 1 aliphatic heterocycles. The van der Waals surface area contributed by atoms with Gasteiger partial charge in [-0.2, -0.15) is 0 Å². The Kier molecular flexibility index (Phi) is 1.70. The summed E-state index contributed by atoms with van der Waals surface area (Å²) in [6.45, 7) is 1.92. The van der Waals surface area contributed by atoms with Crippen LogP contribution in [0.4, 0.5) is 0 Å². The molecule has 1 N–H and O–H groups in total. The van der Waals surface area contributed by atoms with Crippen LogP contribution in [0.3, 0.4) is 0 Å². The van der Waals surface area contributed by atoms with E-state index < -0.39 is 14.6 Å². The molecule has 0 aliphatic carbocycles. The Balaban J connectivity index is 3.10. The number of rotatable bonds is 1. The average Bonchev–Trinajstić information content (AvgIpc) is 2.12. The molecule has 1 fully saturated rings. The molecule has 0 aromatic rings. The zero-order valence-corrected chi connectivity index (χ0v) is 7.36. The molecule has 1 aliphatic rings. The summed E-state index contributed by atoms with van der Waals surface area (Å²) in [5, 5.41) is 2.50.